The average molecular weight is 204 g/mol. The van der Waals surface area contributed by atoms with Gasteiger partial charge in [0.05, 0.1) is 6.61 Å². The maximum atomic E-state index is 10.8. The number of hydrogen-bond donors (Lipinski definition) is 1. The van der Waals surface area contributed by atoms with Crippen LogP contribution in [0.3, 0.4) is 0 Å². The molecule has 0 saturated heterocycles. The van der Waals surface area contributed by atoms with E-state index in [4.69, 9.17) is 5.11 Å². The molecule has 0 aliphatic rings. The molecule has 0 aliphatic carbocycles. The van der Waals surface area contributed by atoms with Gasteiger partial charge in [0, 0.05) is 0 Å². The molecule has 12 heavy (non-hydrogen) atoms. The van der Waals surface area contributed by atoms with Gasteiger partial charge in [0.2, 0.25) is 0 Å². The van der Waals surface area contributed by atoms with Crippen LogP contribution >= 0.6 is 0 Å². The molecule has 0 fully saturated rings. The fourth-order valence-corrected chi connectivity index (χ4v) is 1.28. The molecule has 0 aliphatic heterocycles. The molecule has 0 aromatic heterocycles. The number of aliphatic hydroxyl groups excluding tert-OH is 1. The van der Waals surface area contributed by atoms with Gasteiger partial charge in [-0.05, 0) is 6.42 Å². The second-order valence-corrected chi connectivity index (χ2v) is 3.69. The van der Waals surface area contributed by atoms with Gasteiger partial charge in [-0.3, -0.25) is 4.18 Å². The van der Waals surface area contributed by atoms with Gasteiger partial charge >= 0.3 is 29.6 Å². The van der Waals surface area contributed by atoms with Crippen molar-refractivity contribution in [2.24, 2.45) is 0 Å². The molecule has 0 bridgehead atoms. The van der Waals surface area contributed by atoms with Crippen molar-refractivity contribution in [1.29, 1.82) is 0 Å². The molecular formula is C6H13NaO4S. The van der Waals surface area contributed by atoms with Crippen molar-refractivity contribution in [2.75, 3.05) is 6.61 Å². The monoisotopic (exact) mass is 204 g/mol. The molecule has 1 atom stereocenters. The van der Waals surface area contributed by atoms with Crippen molar-refractivity contribution in [2.45, 2.75) is 18.8 Å². The molecule has 1 N–H and O–H groups in total. The average Bonchev–Trinajstić information content (AvgIpc) is 1.99. The molecule has 0 heterocycles. The van der Waals surface area contributed by atoms with Crippen LogP contribution in [0.1, 0.15) is 13.3 Å². The Kier molecular flexibility index (Phi) is 8.88. The standard InChI is InChI=1S/C6H12O4S.Na.H/c1-3-5-10-11(8,9)6(7)4-2;;/h3,6-7H,1,4-5H2,2H3;;. The predicted octanol–water partition coefficient (Wildman–Crippen LogP) is -0.401. The van der Waals surface area contributed by atoms with Gasteiger partial charge in [0.1, 0.15) is 0 Å². The second-order valence-electron chi connectivity index (χ2n) is 1.93. The summed E-state index contributed by atoms with van der Waals surface area (Å²) >= 11 is 0. The van der Waals surface area contributed by atoms with E-state index in [1.165, 1.54) is 6.08 Å². The second kappa shape index (κ2) is 7.06. The third-order valence-corrected chi connectivity index (χ3v) is 2.50. The zero-order chi connectivity index (χ0) is 8.91. The van der Waals surface area contributed by atoms with E-state index in [-0.39, 0.29) is 42.6 Å². The van der Waals surface area contributed by atoms with Crippen molar-refractivity contribution in [1.82, 2.24) is 0 Å². The normalized spacial score (nSPS) is 13.2. The number of rotatable bonds is 5. The summed E-state index contributed by atoms with van der Waals surface area (Å²) in [6.07, 6.45) is 1.43. The first kappa shape index (κ1) is 15.1. The summed E-state index contributed by atoms with van der Waals surface area (Å²) in [4.78, 5) is 0. The molecule has 0 aromatic rings. The zero-order valence-electron chi connectivity index (χ0n) is 6.36. The van der Waals surface area contributed by atoms with Crippen molar-refractivity contribution in [3.05, 3.63) is 12.7 Å². The number of aliphatic hydroxyl groups is 1. The van der Waals surface area contributed by atoms with Gasteiger partial charge in [-0.25, -0.2) is 0 Å². The SMILES string of the molecule is C=CCOS(=O)(=O)C(O)CC.[NaH]. The van der Waals surface area contributed by atoms with Crippen LogP contribution in [0.2, 0.25) is 0 Å². The van der Waals surface area contributed by atoms with E-state index in [0.29, 0.717) is 0 Å². The molecule has 0 saturated carbocycles. The molecule has 0 aromatic carbocycles. The van der Waals surface area contributed by atoms with Crippen LogP contribution in [-0.2, 0) is 14.3 Å². The van der Waals surface area contributed by atoms with Crippen LogP contribution in [0.25, 0.3) is 0 Å². The topological polar surface area (TPSA) is 63.6 Å². The van der Waals surface area contributed by atoms with Crippen molar-refractivity contribution in [3.63, 3.8) is 0 Å². The van der Waals surface area contributed by atoms with E-state index < -0.39 is 15.6 Å². The summed E-state index contributed by atoms with van der Waals surface area (Å²) in [5.74, 6) is 0. The van der Waals surface area contributed by atoms with E-state index >= 15 is 0 Å². The van der Waals surface area contributed by atoms with E-state index in [1.54, 1.807) is 6.92 Å². The van der Waals surface area contributed by atoms with E-state index in [2.05, 4.69) is 10.8 Å². The Hall–Kier alpha value is 0.610. The third kappa shape index (κ3) is 5.29. The van der Waals surface area contributed by atoms with Crippen LogP contribution in [0.15, 0.2) is 12.7 Å². The fraction of sp³-hybridized carbons (Fsp3) is 0.667. The van der Waals surface area contributed by atoms with Crippen molar-refractivity contribution >= 4 is 39.7 Å². The Morgan fingerprint density at radius 2 is 2.17 bits per heavy atom. The third-order valence-electron chi connectivity index (χ3n) is 1.03. The summed E-state index contributed by atoms with van der Waals surface area (Å²) in [6, 6.07) is 0. The first-order valence-corrected chi connectivity index (χ1v) is 4.69. The minimum atomic E-state index is -3.79. The molecule has 1 unspecified atom stereocenters. The Labute approximate surface area is 95.0 Å². The van der Waals surface area contributed by atoms with Crippen LogP contribution in [-0.4, -0.2) is 55.1 Å². The van der Waals surface area contributed by atoms with E-state index in [0.717, 1.165) is 0 Å². The summed E-state index contributed by atoms with van der Waals surface area (Å²) in [5, 5.41) is 8.87. The first-order chi connectivity index (χ1) is 5.04. The molecule has 0 radical (unpaired) electrons. The van der Waals surface area contributed by atoms with E-state index in [1.807, 2.05) is 0 Å². The summed E-state index contributed by atoms with van der Waals surface area (Å²) in [6.45, 7) is 4.74. The Morgan fingerprint density at radius 1 is 1.67 bits per heavy atom. The predicted molar refractivity (Wildman–Crippen MR) is 48.5 cm³/mol. The molecule has 0 amide bonds. The first-order valence-electron chi connectivity index (χ1n) is 3.21. The fourth-order valence-electron chi connectivity index (χ4n) is 0.426. The molecule has 4 nitrogen and oxygen atoms in total. The molecular weight excluding hydrogens is 191 g/mol. The molecule has 6 heteroatoms. The summed E-state index contributed by atoms with van der Waals surface area (Å²) in [7, 11) is -3.79. The van der Waals surface area contributed by atoms with E-state index in [9.17, 15) is 8.42 Å². The molecule has 0 spiro atoms. The maximum absolute atomic E-state index is 10.8. The molecule has 68 valence electrons. The van der Waals surface area contributed by atoms with Crippen molar-refractivity contribution < 1.29 is 17.7 Å². The minimum absolute atomic E-state index is 0. The van der Waals surface area contributed by atoms with Gasteiger partial charge < -0.3 is 5.11 Å². The van der Waals surface area contributed by atoms with Crippen LogP contribution in [0, 0.1) is 0 Å². The van der Waals surface area contributed by atoms with Gasteiger partial charge in [-0.15, -0.1) is 6.58 Å². The summed E-state index contributed by atoms with van der Waals surface area (Å²) < 4.78 is 25.9. The summed E-state index contributed by atoms with van der Waals surface area (Å²) in [5.41, 5.74) is -1.43. The van der Waals surface area contributed by atoms with Crippen LogP contribution in [0.4, 0.5) is 0 Å². The van der Waals surface area contributed by atoms with Gasteiger partial charge in [-0.1, -0.05) is 13.0 Å². The Balaban J connectivity index is 0. The zero-order valence-corrected chi connectivity index (χ0v) is 7.17. The quantitative estimate of drug-likeness (QED) is 0.376. The number of hydrogen-bond acceptors (Lipinski definition) is 4. The molecule has 0 rings (SSSR count). The van der Waals surface area contributed by atoms with Gasteiger partial charge in [0.25, 0.3) is 10.1 Å². The van der Waals surface area contributed by atoms with Crippen molar-refractivity contribution in [3.8, 4) is 0 Å². The Bertz CT molecular complexity index is 212. The van der Waals surface area contributed by atoms with Crippen LogP contribution in [0.5, 0.6) is 0 Å². The van der Waals surface area contributed by atoms with Gasteiger partial charge in [0.15, 0.2) is 5.44 Å². The van der Waals surface area contributed by atoms with Gasteiger partial charge in [-0.2, -0.15) is 8.42 Å². The van der Waals surface area contributed by atoms with Crippen LogP contribution < -0.4 is 0 Å². The Morgan fingerprint density at radius 3 is 2.50 bits per heavy atom.